The average molecular weight is 528 g/mol. The lowest BCUT2D eigenvalue weighted by Crippen LogP contribution is -2.33. The zero-order chi connectivity index (χ0) is 26.3. The molecular formula is C30H30FN5O3. The molecule has 0 aliphatic carbocycles. The third-order valence-electron chi connectivity index (χ3n) is 7.93. The summed E-state index contributed by atoms with van der Waals surface area (Å²) in [6.45, 7) is 4.65. The molecule has 1 N–H and O–H groups in total. The fourth-order valence-corrected chi connectivity index (χ4v) is 6.02. The number of hydrogen-bond donors (Lipinski definition) is 1. The summed E-state index contributed by atoms with van der Waals surface area (Å²) in [5.41, 5.74) is 0.784. The number of phenolic OH excluding ortho intramolecular Hbond substituents is 1. The van der Waals surface area contributed by atoms with Crippen molar-refractivity contribution in [3.05, 3.63) is 60.2 Å². The second-order valence-corrected chi connectivity index (χ2v) is 10.4. The molecule has 3 aliphatic rings. The Hall–Kier alpha value is -3.82. The number of nitrogens with zero attached hydrogens (tertiary/aromatic N) is 5. The largest absolute Gasteiger partial charge is 0.508 e. The van der Waals surface area contributed by atoms with E-state index in [1.807, 2.05) is 24.3 Å². The Labute approximate surface area is 225 Å². The number of aromatic hydroxyl groups is 1. The molecule has 2 saturated heterocycles. The number of ether oxygens (including phenoxy) is 2. The number of fused-ring (bicyclic) bond motifs is 3. The first-order valence-corrected chi connectivity index (χ1v) is 13.7. The Balaban J connectivity index is 1.37. The maximum atomic E-state index is 16.4. The predicted molar refractivity (Wildman–Crippen MR) is 147 cm³/mol. The molecule has 2 aromatic heterocycles. The molecule has 5 heterocycles. The lowest BCUT2D eigenvalue weighted by atomic mass is 10.0. The molecule has 0 spiro atoms. The number of hydrogen-bond acceptors (Lipinski definition) is 8. The van der Waals surface area contributed by atoms with E-state index in [9.17, 15) is 5.11 Å². The quantitative estimate of drug-likeness (QED) is 0.395. The smallest absolute Gasteiger partial charge is 0.324 e. The van der Waals surface area contributed by atoms with Crippen LogP contribution in [0.4, 0.5) is 10.2 Å². The van der Waals surface area contributed by atoms with E-state index in [0.29, 0.717) is 42.6 Å². The fourth-order valence-electron chi connectivity index (χ4n) is 6.02. The first-order valence-electron chi connectivity index (χ1n) is 13.7. The second-order valence-electron chi connectivity index (χ2n) is 10.4. The van der Waals surface area contributed by atoms with Crippen molar-refractivity contribution in [2.75, 3.05) is 44.3 Å². The van der Waals surface area contributed by atoms with Crippen LogP contribution in [-0.4, -0.2) is 70.4 Å². The molecule has 200 valence electrons. The summed E-state index contributed by atoms with van der Waals surface area (Å²) in [5, 5.41) is 12.5. The second kappa shape index (κ2) is 10.1. The van der Waals surface area contributed by atoms with E-state index in [-0.39, 0.29) is 23.0 Å². The molecule has 1 atom stereocenters. The summed E-state index contributed by atoms with van der Waals surface area (Å²) in [7, 11) is 0. The number of aromatic nitrogens is 3. The fraction of sp³-hybridized carbons (Fsp3) is 0.367. The van der Waals surface area contributed by atoms with Crippen molar-refractivity contribution in [1.29, 1.82) is 0 Å². The van der Waals surface area contributed by atoms with Gasteiger partial charge in [-0.15, -0.1) is 0 Å². The van der Waals surface area contributed by atoms with Gasteiger partial charge in [0.25, 0.3) is 0 Å². The van der Waals surface area contributed by atoms with Crippen LogP contribution in [0.25, 0.3) is 32.9 Å². The zero-order valence-corrected chi connectivity index (χ0v) is 21.6. The number of benzene rings is 2. The van der Waals surface area contributed by atoms with Crippen LogP contribution in [0.2, 0.25) is 0 Å². The lowest BCUT2D eigenvalue weighted by Gasteiger charge is -2.28. The van der Waals surface area contributed by atoms with Gasteiger partial charge in [0, 0.05) is 50.5 Å². The average Bonchev–Trinajstić information content (AvgIpc) is 3.24. The molecular weight excluding hydrogens is 497 g/mol. The highest BCUT2D eigenvalue weighted by Crippen LogP contribution is 2.37. The van der Waals surface area contributed by atoms with Crippen LogP contribution in [0.5, 0.6) is 11.8 Å². The summed E-state index contributed by atoms with van der Waals surface area (Å²) >= 11 is 0. The van der Waals surface area contributed by atoms with Crippen molar-refractivity contribution in [2.24, 2.45) is 0 Å². The van der Waals surface area contributed by atoms with Gasteiger partial charge in [-0.3, -0.25) is 9.88 Å². The number of rotatable bonds is 4. The molecule has 7 rings (SSSR count). The van der Waals surface area contributed by atoms with E-state index < -0.39 is 5.82 Å². The predicted octanol–water partition coefficient (Wildman–Crippen LogP) is 5.05. The van der Waals surface area contributed by atoms with Crippen molar-refractivity contribution in [2.45, 2.75) is 31.7 Å². The van der Waals surface area contributed by atoms with Crippen molar-refractivity contribution in [3.63, 3.8) is 0 Å². The molecule has 0 bridgehead atoms. The van der Waals surface area contributed by atoms with E-state index >= 15 is 4.39 Å². The summed E-state index contributed by atoms with van der Waals surface area (Å²) in [6, 6.07) is 11.3. The van der Waals surface area contributed by atoms with Crippen LogP contribution in [-0.2, 0) is 4.74 Å². The molecule has 8 nitrogen and oxygen atoms in total. The van der Waals surface area contributed by atoms with Crippen molar-refractivity contribution >= 4 is 27.5 Å². The molecule has 0 radical (unpaired) electrons. The Morgan fingerprint density at radius 3 is 2.87 bits per heavy atom. The van der Waals surface area contributed by atoms with E-state index in [0.717, 1.165) is 55.4 Å². The highest BCUT2D eigenvalue weighted by Gasteiger charge is 2.28. The van der Waals surface area contributed by atoms with Gasteiger partial charge in [-0.05, 0) is 54.8 Å². The molecule has 9 heteroatoms. The summed E-state index contributed by atoms with van der Waals surface area (Å²) < 4.78 is 28.3. The summed E-state index contributed by atoms with van der Waals surface area (Å²) in [6.07, 6.45) is 7.71. The first kappa shape index (κ1) is 24.2. The molecule has 3 aliphatic heterocycles. The Morgan fingerprint density at radius 1 is 1.00 bits per heavy atom. The minimum absolute atomic E-state index is 0.0483. The topological polar surface area (TPSA) is 83.8 Å². The van der Waals surface area contributed by atoms with Crippen LogP contribution in [0.1, 0.15) is 25.7 Å². The van der Waals surface area contributed by atoms with Gasteiger partial charge in [0.05, 0.1) is 12.0 Å². The molecule has 4 aromatic rings. The van der Waals surface area contributed by atoms with Crippen LogP contribution in [0, 0.1) is 5.82 Å². The van der Waals surface area contributed by atoms with Crippen LogP contribution in [0.3, 0.4) is 0 Å². The van der Waals surface area contributed by atoms with Crippen LogP contribution in [0.15, 0.2) is 54.4 Å². The first-order chi connectivity index (χ1) is 19.1. The molecule has 39 heavy (non-hydrogen) atoms. The normalized spacial score (nSPS) is 20.2. The SMILES string of the molecule is Oc1cc(-c2ncc3c(N4CCCOCC4)nc(OC4=CC5CCCN5CC4)nc3c2F)c2ccccc2c1. The minimum atomic E-state index is -0.567. The van der Waals surface area contributed by atoms with Gasteiger partial charge in [0.15, 0.2) is 5.82 Å². The van der Waals surface area contributed by atoms with Gasteiger partial charge in [-0.1, -0.05) is 24.3 Å². The maximum absolute atomic E-state index is 16.4. The standard InChI is InChI=1S/C30H30FN5O3/c31-26-27(24-17-21(37)15-19-5-1-2-7-23(19)24)32-18-25-28(26)33-30(34-29(25)36-10-4-13-38-14-12-36)39-22-8-11-35-9-3-6-20(35)16-22/h1-2,5,7,15-18,20,37H,3-4,6,8-14H2. The van der Waals surface area contributed by atoms with Gasteiger partial charge in [-0.2, -0.15) is 9.97 Å². The van der Waals surface area contributed by atoms with Crippen LogP contribution >= 0.6 is 0 Å². The molecule has 2 fully saturated rings. The summed E-state index contributed by atoms with van der Waals surface area (Å²) in [5.74, 6) is 0.906. The summed E-state index contributed by atoms with van der Waals surface area (Å²) in [4.78, 5) is 18.5. The number of pyridine rings is 1. The number of phenols is 1. The van der Waals surface area contributed by atoms with Gasteiger partial charge >= 0.3 is 6.01 Å². The highest BCUT2D eigenvalue weighted by molar-refractivity contribution is 5.99. The molecule has 2 aromatic carbocycles. The van der Waals surface area contributed by atoms with Gasteiger partial charge in [0.2, 0.25) is 0 Å². The number of anilines is 1. The Bertz CT molecular complexity index is 1580. The molecule has 1 unspecified atom stereocenters. The molecule has 0 saturated carbocycles. The minimum Gasteiger partial charge on any atom is -0.508 e. The van der Waals surface area contributed by atoms with Crippen molar-refractivity contribution in [1.82, 2.24) is 19.9 Å². The van der Waals surface area contributed by atoms with Gasteiger partial charge in [-0.25, -0.2) is 4.39 Å². The van der Waals surface area contributed by atoms with E-state index in [4.69, 9.17) is 14.5 Å². The monoisotopic (exact) mass is 527 g/mol. The third-order valence-corrected chi connectivity index (χ3v) is 7.93. The van der Waals surface area contributed by atoms with Gasteiger partial charge < -0.3 is 19.5 Å². The van der Waals surface area contributed by atoms with E-state index in [1.165, 1.54) is 6.42 Å². The van der Waals surface area contributed by atoms with Crippen LogP contribution < -0.4 is 9.64 Å². The zero-order valence-electron chi connectivity index (χ0n) is 21.6. The number of halogens is 1. The lowest BCUT2D eigenvalue weighted by molar-refractivity contribution is 0.152. The Kier molecular flexibility index (Phi) is 6.25. The van der Waals surface area contributed by atoms with E-state index in [2.05, 4.69) is 25.8 Å². The maximum Gasteiger partial charge on any atom is 0.324 e. The van der Waals surface area contributed by atoms with Gasteiger partial charge in [0.1, 0.15) is 28.5 Å². The van der Waals surface area contributed by atoms with Crippen molar-refractivity contribution in [3.8, 4) is 23.0 Å². The third kappa shape index (κ3) is 4.55. The highest BCUT2D eigenvalue weighted by atomic mass is 19.1. The molecule has 0 amide bonds. The van der Waals surface area contributed by atoms with E-state index in [1.54, 1.807) is 18.3 Å². The Morgan fingerprint density at radius 2 is 1.92 bits per heavy atom. The van der Waals surface area contributed by atoms with Crippen molar-refractivity contribution < 1.29 is 19.0 Å².